The monoisotopic (exact) mass is 549 g/mol. The van der Waals surface area contributed by atoms with E-state index >= 15 is 0 Å². The molecule has 194 valence electrons. The predicted octanol–water partition coefficient (Wildman–Crippen LogP) is 3.08. The van der Waals surface area contributed by atoms with Crippen LogP contribution in [0.3, 0.4) is 0 Å². The van der Waals surface area contributed by atoms with Crippen molar-refractivity contribution in [2.24, 2.45) is 0 Å². The van der Waals surface area contributed by atoms with E-state index in [2.05, 4.69) is 19.9 Å². The van der Waals surface area contributed by atoms with Gasteiger partial charge in [0.1, 0.15) is 29.6 Å². The van der Waals surface area contributed by atoms with Gasteiger partial charge in [-0.3, -0.25) is 0 Å². The Morgan fingerprint density at radius 1 is 0.564 bits per heavy atom. The van der Waals surface area contributed by atoms with Crippen molar-refractivity contribution >= 4 is 11.1 Å². The van der Waals surface area contributed by atoms with Crippen LogP contribution in [0.25, 0.3) is 33.7 Å². The maximum absolute atomic E-state index is 14.7. The molecule has 0 aliphatic carbocycles. The van der Waals surface area contributed by atoms with Crippen LogP contribution >= 0.6 is 0 Å². The highest BCUT2D eigenvalue weighted by atomic mass is 19.2. The van der Waals surface area contributed by atoms with Gasteiger partial charge in [0.15, 0.2) is 28.8 Å². The first kappa shape index (κ1) is 26.4. The van der Waals surface area contributed by atoms with Gasteiger partial charge in [-0.15, -0.1) is 0 Å². The van der Waals surface area contributed by atoms with Gasteiger partial charge < -0.3 is 8.83 Å². The van der Waals surface area contributed by atoms with Gasteiger partial charge >= 0.3 is 0 Å². The predicted molar refractivity (Wildman–Crippen MR) is 105 cm³/mol. The smallest absolute Gasteiger partial charge is 0.252 e. The molecule has 0 amide bonds. The number of hydrogen-bond acceptors (Lipinski definition) is 9. The van der Waals surface area contributed by atoms with Crippen LogP contribution in [0.1, 0.15) is 6.92 Å². The molecule has 0 saturated heterocycles. The normalized spacial score (nSPS) is 12.5. The fraction of sp³-hybridized carbons (Fsp3) is 0.0455. The first-order valence-electron chi connectivity index (χ1n) is 9.79. The molecule has 4 aromatic rings. The molecule has 0 spiro atoms. The van der Waals surface area contributed by atoms with Crippen LogP contribution in [0.15, 0.2) is 8.83 Å². The summed E-state index contributed by atoms with van der Waals surface area (Å²) < 4.78 is 125. The minimum absolute atomic E-state index is 0.417. The van der Waals surface area contributed by atoms with Gasteiger partial charge in [-0.2, -0.15) is 43.3 Å². The summed E-state index contributed by atoms with van der Waals surface area (Å²) in [6.45, 7) is 1.07. The first-order valence-corrected chi connectivity index (χ1v) is 9.79. The van der Waals surface area contributed by atoms with E-state index in [4.69, 9.17) is 24.6 Å². The SMILES string of the molecule is C/C(C#N)=c1/nc(-c2c(F)c(F)nc(F)c2F)/c(=c2\oc(=C(C#N)C#N)nc2-c2c(F)c(F)nc(F)c2F)o1. The molecular formula is C22H3F8N7O2. The van der Waals surface area contributed by atoms with Gasteiger partial charge in [-0.1, -0.05) is 0 Å². The van der Waals surface area contributed by atoms with Gasteiger partial charge in [0, 0.05) is 0 Å². The van der Waals surface area contributed by atoms with E-state index in [1.807, 2.05) is 0 Å². The van der Waals surface area contributed by atoms with Crippen LogP contribution in [0.2, 0.25) is 0 Å². The lowest BCUT2D eigenvalue weighted by Gasteiger charge is -2.04. The zero-order chi connectivity index (χ0) is 28.8. The number of hydrogen-bond donors (Lipinski definition) is 0. The fourth-order valence-corrected chi connectivity index (χ4v) is 3.11. The van der Waals surface area contributed by atoms with Gasteiger partial charge in [0.2, 0.25) is 21.9 Å². The molecule has 0 unspecified atom stereocenters. The number of halogens is 8. The van der Waals surface area contributed by atoms with E-state index in [-0.39, 0.29) is 0 Å². The maximum atomic E-state index is 14.7. The van der Waals surface area contributed by atoms with Gasteiger partial charge in [-0.25, -0.2) is 27.5 Å². The third-order valence-corrected chi connectivity index (χ3v) is 4.86. The average molecular weight is 549 g/mol. The highest BCUT2D eigenvalue weighted by Gasteiger charge is 2.30. The third kappa shape index (κ3) is 4.19. The summed E-state index contributed by atoms with van der Waals surface area (Å²) in [6, 6.07) is 4.16. The number of oxazole rings is 2. The van der Waals surface area contributed by atoms with Crippen molar-refractivity contribution in [3.63, 3.8) is 0 Å². The second kappa shape index (κ2) is 9.68. The zero-order valence-corrected chi connectivity index (χ0v) is 18.5. The summed E-state index contributed by atoms with van der Waals surface area (Å²) >= 11 is 0. The summed E-state index contributed by atoms with van der Waals surface area (Å²) in [5, 5.41) is 27.5. The second-order valence-corrected chi connectivity index (χ2v) is 7.12. The molecule has 4 rings (SSSR count). The highest BCUT2D eigenvalue weighted by Crippen LogP contribution is 2.31. The molecule has 17 heteroatoms. The molecule has 0 N–H and O–H groups in total. The first-order chi connectivity index (χ1) is 18.4. The lowest BCUT2D eigenvalue weighted by Crippen LogP contribution is -2.07. The van der Waals surface area contributed by atoms with Crippen LogP contribution in [0.5, 0.6) is 0 Å². The molecule has 0 radical (unpaired) electrons. The number of nitrogens with zero attached hydrogens (tertiary/aromatic N) is 7. The van der Waals surface area contributed by atoms with E-state index in [1.165, 1.54) is 12.1 Å². The van der Waals surface area contributed by atoms with Crippen LogP contribution in [0.4, 0.5) is 35.1 Å². The van der Waals surface area contributed by atoms with Crippen molar-refractivity contribution in [2.45, 2.75) is 6.92 Å². The van der Waals surface area contributed by atoms with Crippen molar-refractivity contribution in [3.05, 3.63) is 69.0 Å². The van der Waals surface area contributed by atoms with Crippen molar-refractivity contribution in [3.8, 4) is 40.7 Å². The Morgan fingerprint density at radius 2 is 0.923 bits per heavy atom. The van der Waals surface area contributed by atoms with Crippen LogP contribution in [-0.2, 0) is 0 Å². The average Bonchev–Trinajstić information content (AvgIpc) is 3.52. The molecule has 0 fully saturated rings. The fourth-order valence-electron chi connectivity index (χ4n) is 3.11. The summed E-state index contributed by atoms with van der Waals surface area (Å²) in [5.41, 5.74) is -11.3. The Bertz CT molecular complexity index is 2000. The number of nitriles is 3. The molecular weight excluding hydrogens is 546 g/mol. The summed E-state index contributed by atoms with van der Waals surface area (Å²) in [4.78, 5) is 11.8. The lowest BCUT2D eigenvalue weighted by atomic mass is 10.1. The highest BCUT2D eigenvalue weighted by molar-refractivity contribution is 5.71. The third-order valence-electron chi connectivity index (χ3n) is 4.86. The zero-order valence-electron chi connectivity index (χ0n) is 18.5. The molecule has 4 heterocycles. The van der Waals surface area contributed by atoms with E-state index in [1.54, 1.807) is 6.07 Å². The maximum Gasteiger partial charge on any atom is 0.252 e. The van der Waals surface area contributed by atoms with E-state index in [0.29, 0.717) is 0 Å². The van der Waals surface area contributed by atoms with Gasteiger partial charge in [-0.05, 0) is 6.92 Å². The van der Waals surface area contributed by atoms with Gasteiger partial charge in [0.05, 0.1) is 16.7 Å². The van der Waals surface area contributed by atoms with Crippen molar-refractivity contribution < 1.29 is 44.0 Å². The Balaban J connectivity index is 2.43. The number of rotatable bonds is 2. The Kier molecular flexibility index (Phi) is 6.56. The molecule has 9 nitrogen and oxygen atoms in total. The summed E-state index contributed by atoms with van der Waals surface area (Å²) in [6.07, 6.45) is 0. The Hall–Kier alpha value is -5.63. The van der Waals surface area contributed by atoms with E-state index < -0.39 is 103 Å². The summed E-state index contributed by atoms with van der Waals surface area (Å²) in [5.74, 6) is -17.4. The van der Waals surface area contributed by atoms with Crippen molar-refractivity contribution in [2.75, 3.05) is 0 Å². The largest absolute Gasteiger partial charge is 0.432 e. The van der Waals surface area contributed by atoms with Crippen LogP contribution in [0, 0.1) is 91.9 Å². The van der Waals surface area contributed by atoms with Crippen molar-refractivity contribution in [1.82, 2.24) is 19.9 Å². The Labute approximate surface area is 208 Å². The van der Waals surface area contributed by atoms with E-state index in [0.717, 1.165) is 6.92 Å². The minimum Gasteiger partial charge on any atom is -0.432 e. The molecule has 0 aliphatic rings. The topological polar surface area (TPSA) is 149 Å². The van der Waals surface area contributed by atoms with Crippen molar-refractivity contribution in [1.29, 1.82) is 15.8 Å². The Morgan fingerprint density at radius 3 is 1.28 bits per heavy atom. The second-order valence-electron chi connectivity index (χ2n) is 7.12. The molecule has 0 atom stereocenters. The minimum atomic E-state index is -2.19. The molecule has 0 bridgehead atoms. The van der Waals surface area contributed by atoms with Crippen LogP contribution < -0.4 is 11.1 Å². The quantitative estimate of drug-likeness (QED) is 0.272. The lowest BCUT2D eigenvalue weighted by molar-refractivity contribution is 0.408. The van der Waals surface area contributed by atoms with Crippen LogP contribution in [-0.4, -0.2) is 19.9 Å². The molecule has 4 aromatic heterocycles. The molecule has 0 saturated carbocycles. The molecule has 0 aliphatic heterocycles. The standard InChI is InChI=1S/C22H3F8N7O2/c1-5(2-31)21-34-13(7-9(23)17(27)36-18(28)10(7)24)15(38-21)16-14(35-22(39-16)6(3-32)4-33)8-11(25)19(29)37-20(30)12(8)26/h1H3/b16-15+,21-5+. The number of pyridine rings is 2. The van der Waals surface area contributed by atoms with Gasteiger partial charge in [0.25, 0.3) is 23.8 Å². The number of aromatic nitrogens is 4. The molecule has 0 aromatic carbocycles. The summed E-state index contributed by atoms with van der Waals surface area (Å²) in [7, 11) is 0. The molecule has 39 heavy (non-hydrogen) atoms. The van der Waals surface area contributed by atoms with E-state index in [9.17, 15) is 35.1 Å².